The summed E-state index contributed by atoms with van der Waals surface area (Å²) in [4.78, 5) is 31.2. The standard InChI is InChI=1S/C22H17ClF3N3O3S/c1-11-21(31)29(9-20(30)28-16-8-14(22(24,25)26)4-5-15(16)23)18-7-13(3-6-19(18)32-11)17-10-33-12(2)27-17/h3-8,10-11H,9H2,1-2H3,(H,28,30). The number of rotatable bonds is 4. The zero-order valence-electron chi connectivity index (χ0n) is 17.4. The molecule has 1 N–H and O–H groups in total. The summed E-state index contributed by atoms with van der Waals surface area (Å²) < 4.78 is 44.7. The Balaban J connectivity index is 1.62. The van der Waals surface area contributed by atoms with Crippen molar-refractivity contribution in [1.82, 2.24) is 4.98 Å². The van der Waals surface area contributed by atoms with E-state index < -0.39 is 36.2 Å². The molecule has 0 saturated heterocycles. The van der Waals surface area contributed by atoms with Crippen LogP contribution in [0.1, 0.15) is 17.5 Å². The first-order valence-electron chi connectivity index (χ1n) is 9.74. The number of benzene rings is 2. The number of hydrogen-bond donors (Lipinski definition) is 1. The fourth-order valence-corrected chi connectivity index (χ4v) is 4.14. The van der Waals surface area contributed by atoms with Crippen molar-refractivity contribution >= 4 is 46.1 Å². The molecule has 0 radical (unpaired) electrons. The van der Waals surface area contributed by atoms with Crippen LogP contribution in [0.25, 0.3) is 11.3 Å². The molecule has 1 aliphatic rings. The van der Waals surface area contributed by atoms with Crippen LogP contribution in [-0.4, -0.2) is 29.4 Å². The molecule has 1 aromatic heterocycles. The zero-order chi connectivity index (χ0) is 23.9. The Morgan fingerprint density at radius 2 is 2.03 bits per heavy atom. The lowest BCUT2D eigenvalue weighted by Gasteiger charge is -2.33. The van der Waals surface area contributed by atoms with Gasteiger partial charge in [0, 0.05) is 10.9 Å². The van der Waals surface area contributed by atoms with Gasteiger partial charge in [-0.15, -0.1) is 11.3 Å². The molecule has 4 rings (SSSR count). The van der Waals surface area contributed by atoms with E-state index in [2.05, 4.69) is 10.3 Å². The van der Waals surface area contributed by atoms with Gasteiger partial charge in [-0.1, -0.05) is 11.6 Å². The smallest absolute Gasteiger partial charge is 0.416 e. The molecule has 1 unspecified atom stereocenters. The summed E-state index contributed by atoms with van der Waals surface area (Å²) in [6, 6.07) is 7.81. The van der Waals surface area contributed by atoms with Crippen molar-refractivity contribution in [2.45, 2.75) is 26.1 Å². The lowest BCUT2D eigenvalue weighted by Crippen LogP contribution is -2.47. The van der Waals surface area contributed by atoms with Gasteiger partial charge in [-0.25, -0.2) is 4.98 Å². The van der Waals surface area contributed by atoms with Gasteiger partial charge in [0.15, 0.2) is 6.10 Å². The van der Waals surface area contributed by atoms with Gasteiger partial charge in [0.1, 0.15) is 12.3 Å². The molecule has 6 nitrogen and oxygen atoms in total. The van der Waals surface area contributed by atoms with Crippen molar-refractivity contribution in [2.75, 3.05) is 16.8 Å². The molecule has 0 bridgehead atoms. The van der Waals surface area contributed by atoms with Crippen LogP contribution in [0.2, 0.25) is 5.02 Å². The predicted molar refractivity (Wildman–Crippen MR) is 120 cm³/mol. The van der Waals surface area contributed by atoms with E-state index in [4.69, 9.17) is 16.3 Å². The fourth-order valence-electron chi connectivity index (χ4n) is 3.36. The molecule has 1 atom stereocenters. The summed E-state index contributed by atoms with van der Waals surface area (Å²) in [5, 5.41) is 5.06. The van der Waals surface area contributed by atoms with E-state index in [1.54, 1.807) is 25.1 Å². The third-order valence-corrected chi connectivity index (χ3v) is 6.05. The molecule has 2 heterocycles. The molecule has 1 aliphatic heterocycles. The van der Waals surface area contributed by atoms with E-state index in [9.17, 15) is 22.8 Å². The van der Waals surface area contributed by atoms with Crippen LogP contribution in [0.4, 0.5) is 24.5 Å². The number of nitrogens with one attached hydrogen (secondary N) is 1. The number of fused-ring (bicyclic) bond motifs is 1. The van der Waals surface area contributed by atoms with E-state index in [-0.39, 0.29) is 10.7 Å². The van der Waals surface area contributed by atoms with Gasteiger partial charge in [-0.2, -0.15) is 13.2 Å². The maximum atomic E-state index is 13.0. The van der Waals surface area contributed by atoms with Crippen LogP contribution >= 0.6 is 22.9 Å². The maximum absolute atomic E-state index is 13.0. The number of carbonyl (C=O) groups excluding carboxylic acids is 2. The van der Waals surface area contributed by atoms with E-state index in [0.717, 1.165) is 28.8 Å². The number of ether oxygens (including phenoxy) is 1. The number of aryl methyl sites for hydroxylation is 1. The molecule has 2 amide bonds. The van der Waals surface area contributed by atoms with E-state index in [1.807, 2.05) is 12.3 Å². The average Bonchev–Trinajstić information content (AvgIpc) is 3.18. The van der Waals surface area contributed by atoms with Gasteiger partial charge < -0.3 is 10.1 Å². The van der Waals surface area contributed by atoms with Gasteiger partial charge in [0.05, 0.1) is 32.7 Å². The third-order valence-electron chi connectivity index (χ3n) is 4.95. The minimum absolute atomic E-state index is 0.0559. The summed E-state index contributed by atoms with van der Waals surface area (Å²) in [6.45, 7) is 2.99. The second-order valence-electron chi connectivity index (χ2n) is 7.36. The number of thiazole rings is 1. The Labute approximate surface area is 196 Å². The minimum Gasteiger partial charge on any atom is -0.479 e. The molecule has 0 fully saturated rings. The summed E-state index contributed by atoms with van der Waals surface area (Å²) in [7, 11) is 0. The highest BCUT2D eigenvalue weighted by Crippen LogP contribution is 2.38. The SMILES string of the molecule is Cc1nc(-c2ccc3c(c2)N(CC(=O)Nc2cc(C(F)(F)F)ccc2Cl)C(=O)C(C)O3)cs1. The highest BCUT2D eigenvalue weighted by atomic mass is 35.5. The molecule has 33 heavy (non-hydrogen) atoms. The monoisotopic (exact) mass is 495 g/mol. The van der Waals surface area contributed by atoms with Crippen LogP contribution in [0.3, 0.4) is 0 Å². The number of alkyl halides is 3. The number of amides is 2. The van der Waals surface area contributed by atoms with E-state index >= 15 is 0 Å². The van der Waals surface area contributed by atoms with Gasteiger partial charge in [-0.3, -0.25) is 14.5 Å². The number of carbonyl (C=O) groups is 2. The van der Waals surface area contributed by atoms with Crippen molar-refractivity contribution in [3.8, 4) is 17.0 Å². The van der Waals surface area contributed by atoms with E-state index in [1.165, 1.54) is 16.2 Å². The molecule has 172 valence electrons. The third kappa shape index (κ3) is 4.81. The van der Waals surface area contributed by atoms with Gasteiger partial charge >= 0.3 is 6.18 Å². The van der Waals surface area contributed by atoms with Crippen molar-refractivity contribution in [1.29, 1.82) is 0 Å². The van der Waals surface area contributed by atoms with Gasteiger partial charge in [0.2, 0.25) is 5.91 Å². The van der Waals surface area contributed by atoms with E-state index in [0.29, 0.717) is 17.1 Å². The first-order chi connectivity index (χ1) is 15.5. The highest BCUT2D eigenvalue weighted by molar-refractivity contribution is 7.09. The van der Waals surface area contributed by atoms with Crippen LogP contribution in [0.15, 0.2) is 41.8 Å². The zero-order valence-corrected chi connectivity index (χ0v) is 18.9. The molecule has 0 saturated carbocycles. The van der Waals surface area contributed by atoms with Crippen LogP contribution in [0.5, 0.6) is 5.75 Å². The maximum Gasteiger partial charge on any atom is 0.416 e. The predicted octanol–water partition coefficient (Wildman–Crippen LogP) is 5.54. The largest absolute Gasteiger partial charge is 0.479 e. The summed E-state index contributed by atoms with van der Waals surface area (Å²) in [5.41, 5.74) is 0.664. The number of hydrogen-bond acceptors (Lipinski definition) is 5. The van der Waals surface area contributed by atoms with Crippen LogP contribution in [-0.2, 0) is 15.8 Å². The summed E-state index contributed by atoms with van der Waals surface area (Å²) >= 11 is 7.44. The lowest BCUT2D eigenvalue weighted by atomic mass is 10.1. The van der Waals surface area contributed by atoms with Crippen molar-refractivity contribution < 1.29 is 27.5 Å². The fraction of sp³-hybridized carbons (Fsp3) is 0.227. The lowest BCUT2D eigenvalue weighted by molar-refractivity contribution is -0.137. The second kappa shape index (κ2) is 8.68. The number of nitrogens with zero attached hydrogens (tertiary/aromatic N) is 2. The summed E-state index contributed by atoms with van der Waals surface area (Å²) in [6.07, 6.45) is -5.43. The van der Waals surface area contributed by atoms with Crippen molar-refractivity contribution in [3.05, 3.63) is 57.4 Å². The first-order valence-corrected chi connectivity index (χ1v) is 11.0. The molecule has 0 spiro atoms. The molecule has 11 heteroatoms. The molecule has 2 aromatic carbocycles. The quantitative estimate of drug-likeness (QED) is 0.515. The molecule has 3 aromatic rings. The number of aromatic nitrogens is 1. The molecular weight excluding hydrogens is 479 g/mol. The Bertz CT molecular complexity index is 1250. The second-order valence-corrected chi connectivity index (χ2v) is 8.83. The van der Waals surface area contributed by atoms with Crippen molar-refractivity contribution in [3.63, 3.8) is 0 Å². The molecular formula is C22H17ClF3N3O3S. The highest BCUT2D eigenvalue weighted by Gasteiger charge is 2.34. The normalized spacial score (nSPS) is 15.8. The van der Waals surface area contributed by atoms with Crippen LogP contribution in [0, 0.1) is 6.92 Å². The Morgan fingerprint density at radius 1 is 1.27 bits per heavy atom. The molecule has 0 aliphatic carbocycles. The van der Waals surface area contributed by atoms with Crippen LogP contribution < -0.4 is 15.0 Å². The average molecular weight is 496 g/mol. The topological polar surface area (TPSA) is 71.5 Å². The van der Waals surface area contributed by atoms with Gasteiger partial charge in [-0.05, 0) is 50.2 Å². The Kier molecular flexibility index (Phi) is 6.06. The summed E-state index contributed by atoms with van der Waals surface area (Å²) in [5.74, 6) is -0.762. The Morgan fingerprint density at radius 3 is 2.70 bits per heavy atom. The first kappa shape index (κ1) is 23.1. The number of anilines is 2. The van der Waals surface area contributed by atoms with Gasteiger partial charge in [0.25, 0.3) is 5.91 Å². The Hall–Kier alpha value is -3.11. The number of halogens is 4. The van der Waals surface area contributed by atoms with Crippen molar-refractivity contribution in [2.24, 2.45) is 0 Å². The minimum atomic E-state index is -4.59.